The Morgan fingerprint density at radius 2 is 1.71 bits per heavy atom. The predicted molar refractivity (Wildman–Crippen MR) is 126 cm³/mol. The van der Waals surface area contributed by atoms with Crippen molar-refractivity contribution in [3.63, 3.8) is 0 Å². The maximum Gasteiger partial charge on any atom is 0.254 e. The van der Waals surface area contributed by atoms with E-state index in [9.17, 15) is 4.79 Å². The van der Waals surface area contributed by atoms with Crippen LogP contribution in [0.2, 0.25) is 5.02 Å². The molecule has 0 bridgehead atoms. The summed E-state index contributed by atoms with van der Waals surface area (Å²) in [4.78, 5) is 15.0. The Hall–Kier alpha value is -3.02. The van der Waals surface area contributed by atoms with Crippen LogP contribution >= 0.6 is 11.6 Å². The highest BCUT2D eigenvalue weighted by Crippen LogP contribution is 2.25. The molecule has 4 N–H and O–H groups in total. The summed E-state index contributed by atoms with van der Waals surface area (Å²) in [5.41, 5.74) is 14.8. The molecule has 3 rings (SSSR count). The van der Waals surface area contributed by atoms with Crippen molar-refractivity contribution in [2.45, 2.75) is 26.0 Å². The monoisotopic (exact) mass is 437 g/mol. The molecule has 0 aromatic heterocycles. The molecule has 0 atom stereocenters. The van der Waals surface area contributed by atoms with Gasteiger partial charge in [0.15, 0.2) is 0 Å². The first-order valence-electron chi connectivity index (χ1n) is 10.4. The molecule has 0 radical (unpaired) electrons. The average Bonchev–Trinajstić information content (AvgIpc) is 2.78. The lowest BCUT2D eigenvalue weighted by atomic mass is 10.1. The van der Waals surface area contributed by atoms with Gasteiger partial charge in [-0.1, -0.05) is 54.1 Å². The lowest BCUT2D eigenvalue weighted by Crippen LogP contribution is -2.32. The summed E-state index contributed by atoms with van der Waals surface area (Å²) in [5.74, 6) is 0.475. The molecule has 0 aliphatic carbocycles. The van der Waals surface area contributed by atoms with Crippen molar-refractivity contribution in [3.05, 3.63) is 94.5 Å². The number of carbonyl (C=O) groups is 1. The highest BCUT2D eigenvalue weighted by atomic mass is 35.5. The van der Waals surface area contributed by atoms with Crippen molar-refractivity contribution < 1.29 is 9.53 Å². The smallest absolute Gasteiger partial charge is 0.254 e. The maximum atomic E-state index is 13.2. The summed E-state index contributed by atoms with van der Waals surface area (Å²) < 4.78 is 5.83. The van der Waals surface area contributed by atoms with E-state index in [4.69, 9.17) is 27.8 Å². The van der Waals surface area contributed by atoms with Gasteiger partial charge in [-0.15, -0.1) is 0 Å². The number of ether oxygens (including phenoxy) is 1. The van der Waals surface area contributed by atoms with Gasteiger partial charge in [0.2, 0.25) is 0 Å². The highest BCUT2D eigenvalue weighted by Gasteiger charge is 2.17. The minimum atomic E-state index is -0.0849. The molecule has 162 valence electrons. The minimum absolute atomic E-state index is 0.0849. The van der Waals surface area contributed by atoms with E-state index in [1.165, 1.54) is 0 Å². The Labute approximate surface area is 188 Å². The minimum Gasteiger partial charge on any atom is -0.487 e. The fourth-order valence-electron chi connectivity index (χ4n) is 3.29. The van der Waals surface area contributed by atoms with Crippen LogP contribution in [0.1, 0.15) is 34.3 Å². The molecule has 0 heterocycles. The number of amides is 1. The van der Waals surface area contributed by atoms with E-state index in [0.717, 1.165) is 24.0 Å². The standard InChI is InChI=1S/C25H28ClN3O2/c26-22-10-6-9-20(15-22)17-29(14-5-4-13-27)25(30)21-11-12-24(23(28)16-21)31-18-19-7-2-1-3-8-19/h1-3,6-12,15-16H,4-5,13-14,17-18,27-28H2. The summed E-state index contributed by atoms with van der Waals surface area (Å²) in [5, 5.41) is 0.649. The summed E-state index contributed by atoms with van der Waals surface area (Å²) in [7, 11) is 0. The second-order valence-electron chi connectivity index (χ2n) is 7.38. The van der Waals surface area contributed by atoms with Crippen LogP contribution < -0.4 is 16.2 Å². The second-order valence-corrected chi connectivity index (χ2v) is 7.82. The normalized spacial score (nSPS) is 10.6. The Kier molecular flexibility index (Phi) is 8.33. The Morgan fingerprint density at radius 1 is 0.935 bits per heavy atom. The van der Waals surface area contributed by atoms with Crippen LogP contribution in [0.3, 0.4) is 0 Å². The van der Waals surface area contributed by atoms with Gasteiger partial charge in [0, 0.05) is 23.7 Å². The first kappa shape index (κ1) is 22.7. The van der Waals surface area contributed by atoms with Crippen LogP contribution in [0.15, 0.2) is 72.8 Å². The van der Waals surface area contributed by atoms with E-state index < -0.39 is 0 Å². The molecule has 3 aromatic carbocycles. The van der Waals surface area contributed by atoms with Gasteiger partial charge in [-0.05, 0) is 60.8 Å². The van der Waals surface area contributed by atoms with Gasteiger partial charge in [-0.3, -0.25) is 4.79 Å². The fourth-order valence-corrected chi connectivity index (χ4v) is 3.50. The number of benzene rings is 3. The van der Waals surface area contributed by atoms with Gasteiger partial charge in [-0.2, -0.15) is 0 Å². The molecule has 0 saturated carbocycles. The summed E-state index contributed by atoms with van der Waals surface area (Å²) in [6.07, 6.45) is 1.68. The molecule has 5 nitrogen and oxygen atoms in total. The van der Waals surface area contributed by atoms with Gasteiger partial charge >= 0.3 is 0 Å². The molecule has 6 heteroatoms. The van der Waals surface area contributed by atoms with Gasteiger partial charge in [0.1, 0.15) is 12.4 Å². The van der Waals surface area contributed by atoms with Crippen LogP contribution in [0.5, 0.6) is 5.75 Å². The number of hydrogen-bond acceptors (Lipinski definition) is 4. The molecule has 0 unspecified atom stereocenters. The number of unbranched alkanes of at least 4 members (excludes halogenated alkanes) is 1. The van der Waals surface area contributed by atoms with E-state index in [-0.39, 0.29) is 5.91 Å². The van der Waals surface area contributed by atoms with Crippen LogP contribution in [-0.2, 0) is 13.2 Å². The quantitative estimate of drug-likeness (QED) is 0.349. The number of carbonyl (C=O) groups excluding carboxylic acids is 1. The number of halogens is 1. The van der Waals surface area contributed by atoms with Crippen molar-refractivity contribution >= 4 is 23.2 Å². The molecular formula is C25H28ClN3O2. The van der Waals surface area contributed by atoms with E-state index >= 15 is 0 Å². The van der Waals surface area contributed by atoms with Gasteiger partial charge in [0.05, 0.1) is 5.69 Å². The van der Waals surface area contributed by atoms with E-state index in [1.54, 1.807) is 23.1 Å². The molecule has 31 heavy (non-hydrogen) atoms. The number of anilines is 1. The first-order chi connectivity index (χ1) is 15.1. The first-order valence-corrected chi connectivity index (χ1v) is 10.7. The molecule has 0 aliphatic rings. The Morgan fingerprint density at radius 3 is 2.42 bits per heavy atom. The van der Waals surface area contributed by atoms with Crippen molar-refractivity contribution in [1.82, 2.24) is 4.90 Å². The van der Waals surface area contributed by atoms with Crippen LogP contribution in [0.4, 0.5) is 5.69 Å². The van der Waals surface area contributed by atoms with Gasteiger partial charge in [0.25, 0.3) is 5.91 Å². The van der Waals surface area contributed by atoms with Crippen molar-refractivity contribution in [3.8, 4) is 5.75 Å². The predicted octanol–water partition coefficient (Wildman–Crippen LogP) is 4.88. The zero-order valence-electron chi connectivity index (χ0n) is 17.5. The van der Waals surface area contributed by atoms with E-state index in [0.29, 0.717) is 48.3 Å². The summed E-state index contributed by atoms with van der Waals surface area (Å²) in [6.45, 7) is 2.09. The number of nitrogen functional groups attached to an aromatic ring is 1. The average molecular weight is 438 g/mol. The zero-order valence-corrected chi connectivity index (χ0v) is 18.2. The second kappa shape index (κ2) is 11.4. The molecule has 0 spiro atoms. The van der Waals surface area contributed by atoms with Crippen LogP contribution in [-0.4, -0.2) is 23.9 Å². The lowest BCUT2D eigenvalue weighted by molar-refractivity contribution is 0.0740. The topological polar surface area (TPSA) is 81.6 Å². The SMILES string of the molecule is NCCCCN(Cc1cccc(Cl)c1)C(=O)c1ccc(OCc2ccccc2)c(N)c1. The largest absolute Gasteiger partial charge is 0.487 e. The number of nitrogens with two attached hydrogens (primary N) is 2. The zero-order chi connectivity index (χ0) is 22.1. The molecule has 0 saturated heterocycles. The van der Waals surface area contributed by atoms with Gasteiger partial charge < -0.3 is 21.1 Å². The molecule has 1 amide bonds. The van der Waals surface area contributed by atoms with Crippen LogP contribution in [0, 0.1) is 0 Å². The third-order valence-electron chi connectivity index (χ3n) is 4.93. The number of rotatable bonds is 10. The third kappa shape index (κ3) is 6.74. The summed E-state index contributed by atoms with van der Waals surface area (Å²) in [6, 6.07) is 22.6. The number of nitrogens with zero attached hydrogens (tertiary/aromatic N) is 1. The Balaban J connectivity index is 1.72. The van der Waals surface area contributed by atoms with Crippen molar-refractivity contribution in [1.29, 1.82) is 0 Å². The van der Waals surface area contributed by atoms with Crippen LogP contribution in [0.25, 0.3) is 0 Å². The van der Waals surface area contributed by atoms with E-state index in [1.807, 2.05) is 54.6 Å². The van der Waals surface area contributed by atoms with Crippen molar-refractivity contribution in [2.75, 3.05) is 18.8 Å². The molecular weight excluding hydrogens is 410 g/mol. The lowest BCUT2D eigenvalue weighted by Gasteiger charge is -2.23. The molecule has 3 aromatic rings. The highest BCUT2D eigenvalue weighted by molar-refractivity contribution is 6.30. The van der Waals surface area contributed by atoms with Crippen molar-refractivity contribution in [2.24, 2.45) is 5.73 Å². The Bertz CT molecular complexity index is 995. The fraction of sp³-hybridized carbons (Fsp3) is 0.240. The molecule has 0 aliphatic heterocycles. The number of hydrogen-bond donors (Lipinski definition) is 2. The van der Waals surface area contributed by atoms with Gasteiger partial charge in [-0.25, -0.2) is 0 Å². The molecule has 0 fully saturated rings. The summed E-state index contributed by atoms with van der Waals surface area (Å²) >= 11 is 6.11. The van der Waals surface area contributed by atoms with E-state index in [2.05, 4.69) is 0 Å². The third-order valence-corrected chi connectivity index (χ3v) is 5.16. The maximum absolute atomic E-state index is 13.2.